The Morgan fingerprint density at radius 1 is 1.43 bits per heavy atom. The van der Waals surface area contributed by atoms with E-state index in [4.69, 9.17) is 5.11 Å². The maximum atomic E-state index is 10.6. The molecule has 0 aromatic heterocycles. The summed E-state index contributed by atoms with van der Waals surface area (Å²) in [5, 5.41) is 8.72. The molecule has 0 fully saturated rings. The Kier molecular flexibility index (Phi) is 4.14. The van der Waals surface area contributed by atoms with E-state index in [2.05, 4.69) is 15.9 Å². The van der Waals surface area contributed by atoms with Gasteiger partial charge in [0.25, 0.3) is 0 Å². The molecule has 1 atom stereocenters. The molecule has 0 radical (unpaired) electrons. The van der Waals surface area contributed by atoms with Crippen LogP contribution in [-0.4, -0.2) is 11.1 Å². The Morgan fingerprint density at radius 3 is 2.43 bits per heavy atom. The monoisotopic (exact) mass is 256 g/mol. The zero-order chi connectivity index (χ0) is 10.6. The zero-order valence-corrected chi connectivity index (χ0v) is 9.62. The highest BCUT2D eigenvalue weighted by atomic mass is 79.9. The molecular formula is C11H13BrO2. The number of hydrogen-bond acceptors (Lipinski definition) is 1. The van der Waals surface area contributed by atoms with Crippen LogP contribution in [0.3, 0.4) is 0 Å². The molecule has 1 aromatic rings. The van der Waals surface area contributed by atoms with E-state index in [9.17, 15) is 4.79 Å². The second-order valence-corrected chi connectivity index (χ2v) is 4.17. The lowest BCUT2D eigenvalue weighted by Crippen LogP contribution is -2.05. The minimum absolute atomic E-state index is 0.126. The SMILES string of the molecule is CCC(CC(=O)O)c1ccc(Br)cc1. The van der Waals surface area contributed by atoms with E-state index in [0.29, 0.717) is 0 Å². The summed E-state index contributed by atoms with van der Waals surface area (Å²) in [5.74, 6) is -0.611. The van der Waals surface area contributed by atoms with E-state index in [1.807, 2.05) is 31.2 Å². The summed E-state index contributed by atoms with van der Waals surface area (Å²) < 4.78 is 1.02. The van der Waals surface area contributed by atoms with Crippen molar-refractivity contribution in [2.75, 3.05) is 0 Å². The second kappa shape index (κ2) is 5.15. The Hall–Kier alpha value is -0.830. The summed E-state index contributed by atoms with van der Waals surface area (Å²) in [4.78, 5) is 10.6. The first-order chi connectivity index (χ1) is 6.63. The molecule has 1 unspecified atom stereocenters. The molecule has 0 heterocycles. The average molecular weight is 257 g/mol. The smallest absolute Gasteiger partial charge is 0.303 e. The second-order valence-electron chi connectivity index (χ2n) is 3.25. The van der Waals surface area contributed by atoms with Crippen LogP contribution in [0.4, 0.5) is 0 Å². The molecule has 3 heteroatoms. The molecule has 0 aliphatic heterocycles. The molecule has 0 amide bonds. The predicted molar refractivity (Wildman–Crippen MR) is 59.4 cm³/mol. The molecule has 0 aliphatic carbocycles. The predicted octanol–water partition coefficient (Wildman–Crippen LogP) is 3.42. The first-order valence-electron chi connectivity index (χ1n) is 4.60. The molecule has 0 spiro atoms. The lowest BCUT2D eigenvalue weighted by atomic mass is 9.93. The van der Waals surface area contributed by atoms with Gasteiger partial charge in [0.2, 0.25) is 0 Å². The molecular weight excluding hydrogens is 244 g/mol. The third-order valence-electron chi connectivity index (χ3n) is 2.26. The van der Waals surface area contributed by atoms with Crippen LogP contribution in [0.15, 0.2) is 28.7 Å². The number of halogens is 1. The Bertz CT molecular complexity index is 306. The van der Waals surface area contributed by atoms with Crippen molar-refractivity contribution in [2.45, 2.75) is 25.7 Å². The minimum atomic E-state index is -0.736. The van der Waals surface area contributed by atoms with Gasteiger partial charge in [-0.2, -0.15) is 0 Å². The van der Waals surface area contributed by atoms with Gasteiger partial charge in [0.05, 0.1) is 6.42 Å². The van der Waals surface area contributed by atoms with E-state index in [-0.39, 0.29) is 12.3 Å². The van der Waals surface area contributed by atoms with Gasteiger partial charge in [-0.3, -0.25) is 4.79 Å². The van der Waals surface area contributed by atoms with Crippen molar-refractivity contribution in [1.82, 2.24) is 0 Å². The van der Waals surface area contributed by atoms with Crippen LogP contribution in [0.25, 0.3) is 0 Å². The molecule has 2 nitrogen and oxygen atoms in total. The average Bonchev–Trinajstić information content (AvgIpc) is 2.15. The van der Waals surface area contributed by atoms with Gasteiger partial charge in [-0.15, -0.1) is 0 Å². The number of rotatable bonds is 4. The largest absolute Gasteiger partial charge is 0.481 e. The Morgan fingerprint density at radius 2 is 2.00 bits per heavy atom. The van der Waals surface area contributed by atoms with Crippen molar-refractivity contribution in [3.63, 3.8) is 0 Å². The summed E-state index contributed by atoms with van der Waals surface area (Å²) in [7, 11) is 0. The Balaban J connectivity index is 2.78. The van der Waals surface area contributed by atoms with Crippen LogP contribution < -0.4 is 0 Å². The van der Waals surface area contributed by atoms with Gasteiger partial charge in [-0.05, 0) is 30.0 Å². The first-order valence-corrected chi connectivity index (χ1v) is 5.40. The third-order valence-corrected chi connectivity index (χ3v) is 2.78. The van der Waals surface area contributed by atoms with Crippen molar-refractivity contribution in [3.05, 3.63) is 34.3 Å². The standard InChI is InChI=1S/C11H13BrO2/c1-2-8(7-11(13)14)9-3-5-10(12)6-4-9/h3-6,8H,2,7H2,1H3,(H,13,14). The Labute approximate surface area is 92.1 Å². The summed E-state index contributed by atoms with van der Waals surface area (Å²) in [6, 6.07) is 7.84. The van der Waals surface area contributed by atoms with Crippen molar-refractivity contribution in [3.8, 4) is 0 Å². The fourth-order valence-electron chi connectivity index (χ4n) is 1.44. The number of aliphatic carboxylic acids is 1. The molecule has 76 valence electrons. The number of hydrogen-bond donors (Lipinski definition) is 1. The van der Waals surface area contributed by atoms with Gasteiger partial charge in [-0.1, -0.05) is 35.0 Å². The van der Waals surface area contributed by atoms with E-state index in [1.165, 1.54) is 0 Å². The van der Waals surface area contributed by atoms with Gasteiger partial charge in [0.15, 0.2) is 0 Å². The van der Waals surface area contributed by atoms with Crippen LogP contribution in [-0.2, 0) is 4.79 Å². The van der Waals surface area contributed by atoms with Gasteiger partial charge < -0.3 is 5.11 Å². The molecule has 1 rings (SSSR count). The summed E-state index contributed by atoms with van der Waals surface area (Å²) >= 11 is 3.35. The van der Waals surface area contributed by atoms with Crippen LogP contribution in [0.5, 0.6) is 0 Å². The van der Waals surface area contributed by atoms with Gasteiger partial charge in [0, 0.05) is 4.47 Å². The first kappa shape index (κ1) is 11.2. The van der Waals surface area contributed by atoms with Crippen molar-refractivity contribution in [1.29, 1.82) is 0 Å². The van der Waals surface area contributed by atoms with E-state index in [1.54, 1.807) is 0 Å². The molecule has 0 saturated heterocycles. The number of benzene rings is 1. The van der Waals surface area contributed by atoms with Crippen LogP contribution >= 0.6 is 15.9 Å². The highest BCUT2D eigenvalue weighted by Gasteiger charge is 2.12. The lowest BCUT2D eigenvalue weighted by Gasteiger charge is -2.12. The number of carboxylic acid groups (broad SMARTS) is 1. The molecule has 1 aromatic carbocycles. The summed E-state index contributed by atoms with van der Waals surface area (Å²) in [5.41, 5.74) is 1.10. The molecule has 0 aliphatic rings. The maximum absolute atomic E-state index is 10.6. The highest BCUT2D eigenvalue weighted by Crippen LogP contribution is 2.24. The lowest BCUT2D eigenvalue weighted by molar-refractivity contribution is -0.137. The van der Waals surface area contributed by atoms with E-state index >= 15 is 0 Å². The summed E-state index contributed by atoms with van der Waals surface area (Å²) in [6.45, 7) is 2.01. The quantitative estimate of drug-likeness (QED) is 0.897. The van der Waals surface area contributed by atoms with Crippen LogP contribution in [0.1, 0.15) is 31.2 Å². The molecule has 14 heavy (non-hydrogen) atoms. The van der Waals surface area contributed by atoms with E-state index < -0.39 is 5.97 Å². The summed E-state index contributed by atoms with van der Waals surface area (Å²) in [6.07, 6.45) is 1.06. The normalized spacial score (nSPS) is 12.4. The van der Waals surface area contributed by atoms with Crippen molar-refractivity contribution >= 4 is 21.9 Å². The number of carboxylic acids is 1. The molecule has 0 bridgehead atoms. The zero-order valence-electron chi connectivity index (χ0n) is 8.03. The van der Waals surface area contributed by atoms with Gasteiger partial charge >= 0.3 is 5.97 Å². The topological polar surface area (TPSA) is 37.3 Å². The van der Waals surface area contributed by atoms with Crippen LogP contribution in [0.2, 0.25) is 0 Å². The fraction of sp³-hybridized carbons (Fsp3) is 0.364. The third kappa shape index (κ3) is 3.14. The maximum Gasteiger partial charge on any atom is 0.303 e. The van der Waals surface area contributed by atoms with Crippen molar-refractivity contribution in [2.24, 2.45) is 0 Å². The van der Waals surface area contributed by atoms with Gasteiger partial charge in [0.1, 0.15) is 0 Å². The van der Waals surface area contributed by atoms with Crippen LogP contribution in [0, 0.1) is 0 Å². The fourth-order valence-corrected chi connectivity index (χ4v) is 1.71. The van der Waals surface area contributed by atoms with E-state index in [0.717, 1.165) is 16.5 Å². The van der Waals surface area contributed by atoms with Gasteiger partial charge in [-0.25, -0.2) is 0 Å². The molecule has 1 N–H and O–H groups in total. The number of carbonyl (C=O) groups is 1. The van der Waals surface area contributed by atoms with Crippen molar-refractivity contribution < 1.29 is 9.90 Å². The minimum Gasteiger partial charge on any atom is -0.481 e. The highest BCUT2D eigenvalue weighted by molar-refractivity contribution is 9.10. The molecule has 0 saturated carbocycles.